The van der Waals surface area contributed by atoms with Crippen LogP contribution in [0.3, 0.4) is 0 Å². The lowest BCUT2D eigenvalue weighted by molar-refractivity contribution is 0.101. The van der Waals surface area contributed by atoms with Gasteiger partial charge >= 0.3 is 0 Å². The molecule has 1 atom stereocenters. The number of thioether (sulfide) groups is 1. The maximum Gasteiger partial charge on any atom is 0.0561 e. The molecule has 0 heterocycles. The van der Waals surface area contributed by atoms with Gasteiger partial charge in [-0.1, -0.05) is 20.8 Å². The molecule has 0 amide bonds. The van der Waals surface area contributed by atoms with Crippen molar-refractivity contribution in [2.75, 3.05) is 0 Å². The maximum absolute atomic E-state index is 9.06. The van der Waals surface area contributed by atoms with E-state index in [0.29, 0.717) is 0 Å². The quantitative estimate of drug-likeness (QED) is 0.708. The predicted molar refractivity (Wildman–Crippen MR) is 50.9 cm³/mol. The van der Waals surface area contributed by atoms with E-state index in [-0.39, 0.29) is 6.10 Å². The highest BCUT2D eigenvalue weighted by Crippen LogP contribution is 2.36. The Morgan fingerprint density at radius 2 is 1.82 bits per heavy atom. The SMILES string of the molecule is CC(C)[C@@H](C)SC1CC(O)C1. The molecular formula is C9H18OS. The molecule has 1 fully saturated rings. The van der Waals surface area contributed by atoms with Crippen molar-refractivity contribution in [1.29, 1.82) is 0 Å². The highest BCUT2D eigenvalue weighted by molar-refractivity contribution is 8.00. The molecule has 0 spiro atoms. The number of aliphatic hydroxyl groups excluding tert-OH is 1. The lowest BCUT2D eigenvalue weighted by atomic mass is 9.96. The Hall–Kier alpha value is 0.310. The minimum absolute atomic E-state index is 0.00635. The summed E-state index contributed by atoms with van der Waals surface area (Å²) in [4.78, 5) is 0. The minimum atomic E-state index is 0.00635. The first kappa shape index (κ1) is 9.40. The first-order valence-electron chi connectivity index (χ1n) is 4.43. The van der Waals surface area contributed by atoms with Crippen molar-refractivity contribution in [2.45, 2.75) is 50.2 Å². The Kier molecular flexibility index (Phi) is 3.26. The van der Waals surface area contributed by atoms with E-state index in [2.05, 4.69) is 20.8 Å². The van der Waals surface area contributed by atoms with Gasteiger partial charge in [0.2, 0.25) is 0 Å². The van der Waals surface area contributed by atoms with Gasteiger partial charge in [0, 0.05) is 10.5 Å². The van der Waals surface area contributed by atoms with Crippen molar-refractivity contribution in [3.05, 3.63) is 0 Å². The van der Waals surface area contributed by atoms with E-state index in [4.69, 9.17) is 5.11 Å². The van der Waals surface area contributed by atoms with E-state index in [9.17, 15) is 0 Å². The molecule has 1 saturated carbocycles. The van der Waals surface area contributed by atoms with Gasteiger partial charge in [0.1, 0.15) is 0 Å². The van der Waals surface area contributed by atoms with Crippen LogP contribution in [0.25, 0.3) is 0 Å². The molecule has 66 valence electrons. The Morgan fingerprint density at radius 3 is 2.18 bits per heavy atom. The number of aliphatic hydroxyl groups is 1. The van der Waals surface area contributed by atoms with Gasteiger partial charge < -0.3 is 5.11 Å². The molecule has 0 unspecified atom stereocenters. The Balaban J connectivity index is 2.11. The van der Waals surface area contributed by atoms with E-state index >= 15 is 0 Å². The summed E-state index contributed by atoms with van der Waals surface area (Å²) in [6.45, 7) is 6.79. The summed E-state index contributed by atoms with van der Waals surface area (Å²) in [5, 5.41) is 10.5. The summed E-state index contributed by atoms with van der Waals surface area (Å²) in [6.07, 6.45) is 2.04. The number of rotatable bonds is 3. The lowest BCUT2D eigenvalue weighted by Crippen LogP contribution is -2.32. The maximum atomic E-state index is 9.06. The normalized spacial score (nSPS) is 33.5. The van der Waals surface area contributed by atoms with E-state index in [1.54, 1.807) is 0 Å². The van der Waals surface area contributed by atoms with Crippen LogP contribution in [0.15, 0.2) is 0 Å². The van der Waals surface area contributed by atoms with Gasteiger partial charge in [0.05, 0.1) is 6.10 Å². The van der Waals surface area contributed by atoms with Crippen LogP contribution in [-0.4, -0.2) is 21.7 Å². The fourth-order valence-corrected chi connectivity index (χ4v) is 2.70. The van der Waals surface area contributed by atoms with Crippen molar-refractivity contribution >= 4 is 11.8 Å². The molecule has 1 aliphatic rings. The van der Waals surface area contributed by atoms with Gasteiger partial charge in [-0.25, -0.2) is 0 Å². The molecule has 0 radical (unpaired) electrons. The average Bonchev–Trinajstić information content (AvgIpc) is 1.84. The van der Waals surface area contributed by atoms with Crippen LogP contribution in [0, 0.1) is 5.92 Å². The fourth-order valence-electron chi connectivity index (χ4n) is 1.11. The molecule has 0 saturated heterocycles. The largest absolute Gasteiger partial charge is 0.393 e. The zero-order chi connectivity index (χ0) is 8.43. The summed E-state index contributed by atoms with van der Waals surface area (Å²) >= 11 is 2.04. The van der Waals surface area contributed by atoms with Crippen molar-refractivity contribution in [2.24, 2.45) is 5.92 Å². The van der Waals surface area contributed by atoms with Crippen LogP contribution in [0.4, 0.5) is 0 Å². The molecule has 0 bridgehead atoms. The second-order valence-corrected chi connectivity index (χ2v) is 5.51. The van der Waals surface area contributed by atoms with Crippen LogP contribution in [0.5, 0.6) is 0 Å². The van der Waals surface area contributed by atoms with Gasteiger partial charge in [-0.15, -0.1) is 0 Å². The summed E-state index contributed by atoms with van der Waals surface area (Å²) in [6, 6.07) is 0. The van der Waals surface area contributed by atoms with Crippen LogP contribution in [0.2, 0.25) is 0 Å². The average molecular weight is 174 g/mol. The molecule has 1 nitrogen and oxygen atoms in total. The van der Waals surface area contributed by atoms with Gasteiger partial charge in [0.15, 0.2) is 0 Å². The van der Waals surface area contributed by atoms with E-state index in [1.165, 1.54) is 0 Å². The van der Waals surface area contributed by atoms with Crippen molar-refractivity contribution in [3.8, 4) is 0 Å². The zero-order valence-electron chi connectivity index (χ0n) is 7.58. The highest BCUT2D eigenvalue weighted by atomic mass is 32.2. The minimum Gasteiger partial charge on any atom is -0.393 e. The van der Waals surface area contributed by atoms with Gasteiger partial charge in [-0.05, 0) is 18.8 Å². The molecule has 1 rings (SSSR count). The molecule has 2 heteroatoms. The van der Waals surface area contributed by atoms with Crippen molar-refractivity contribution < 1.29 is 5.11 Å². The fraction of sp³-hybridized carbons (Fsp3) is 1.00. The molecular weight excluding hydrogens is 156 g/mol. The summed E-state index contributed by atoms with van der Waals surface area (Å²) < 4.78 is 0. The van der Waals surface area contributed by atoms with Gasteiger partial charge in [-0.2, -0.15) is 11.8 Å². The lowest BCUT2D eigenvalue weighted by Gasteiger charge is -2.33. The van der Waals surface area contributed by atoms with Gasteiger partial charge in [-0.3, -0.25) is 0 Å². The second kappa shape index (κ2) is 3.81. The van der Waals surface area contributed by atoms with Crippen molar-refractivity contribution in [1.82, 2.24) is 0 Å². The molecule has 0 aromatic heterocycles. The second-order valence-electron chi connectivity index (χ2n) is 3.83. The van der Waals surface area contributed by atoms with Crippen LogP contribution >= 0.6 is 11.8 Å². The highest BCUT2D eigenvalue weighted by Gasteiger charge is 2.29. The third-order valence-corrected chi connectivity index (χ3v) is 4.16. The molecule has 0 aliphatic heterocycles. The molecule has 0 aromatic carbocycles. The monoisotopic (exact) mass is 174 g/mol. The first-order valence-corrected chi connectivity index (χ1v) is 5.37. The first-order chi connectivity index (χ1) is 5.09. The van der Waals surface area contributed by atoms with Crippen LogP contribution in [-0.2, 0) is 0 Å². The Bertz CT molecular complexity index is 119. The molecule has 1 aliphatic carbocycles. The standard InChI is InChI=1S/C9H18OS/c1-6(2)7(3)11-9-4-8(10)5-9/h6-10H,4-5H2,1-3H3/t7-,8?,9?/m1/s1. The number of hydrogen-bond acceptors (Lipinski definition) is 2. The smallest absolute Gasteiger partial charge is 0.0561 e. The summed E-state index contributed by atoms with van der Waals surface area (Å²) in [5.41, 5.74) is 0. The van der Waals surface area contributed by atoms with Gasteiger partial charge in [0.25, 0.3) is 0 Å². The van der Waals surface area contributed by atoms with Crippen LogP contribution in [0.1, 0.15) is 33.6 Å². The third-order valence-electron chi connectivity index (χ3n) is 2.42. The Morgan fingerprint density at radius 1 is 1.27 bits per heavy atom. The molecule has 0 aromatic rings. The van der Waals surface area contributed by atoms with Crippen LogP contribution < -0.4 is 0 Å². The summed E-state index contributed by atoms with van der Waals surface area (Å²) in [7, 11) is 0. The predicted octanol–water partition coefficient (Wildman–Crippen LogP) is 2.29. The van der Waals surface area contributed by atoms with E-state index in [0.717, 1.165) is 29.3 Å². The molecule has 11 heavy (non-hydrogen) atoms. The summed E-state index contributed by atoms with van der Waals surface area (Å²) in [5.74, 6) is 0.762. The van der Waals surface area contributed by atoms with E-state index in [1.807, 2.05) is 11.8 Å². The topological polar surface area (TPSA) is 20.2 Å². The van der Waals surface area contributed by atoms with Crippen molar-refractivity contribution in [3.63, 3.8) is 0 Å². The molecule has 1 N–H and O–H groups in total. The Labute approximate surface area is 73.6 Å². The number of hydrogen-bond donors (Lipinski definition) is 1. The third kappa shape index (κ3) is 2.68. The zero-order valence-corrected chi connectivity index (χ0v) is 8.40. The van der Waals surface area contributed by atoms with E-state index < -0.39 is 0 Å².